The van der Waals surface area contributed by atoms with Gasteiger partial charge in [-0.2, -0.15) is 0 Å². The lowest BCUT2D eigenvalue weighted by molar-refractivity contribution is 0.636. The lowest BCUT2D eigenvalue weighted by Gasteiger charge is -2.11. The Morgan fingerprint density at radius 2 is 0.852 bits per heavy atom. The highest BCUT2D eigenvalue weighted by Gasteiger charge is 2.03. The third-order valence-corrected chi connectivity index (χ3v) is 4.60. The van der Waals surface area contributed by atoms with Crippen molar-refractivity contribution in [2.75, 3.05) is 0 Å². The smallest absolute Gasteiger partial charge is 0.0545 e. The summed E-state index contributed by atoms with van der Waals surface area (Å²) in [6.45, 7) is 4.67. The number of pyridine rings is 2. The molecule has 0 saturated heterocycles. The molecule has 3 heterocycles. The van der Waals surface area contributed by atoms with Gasteiger partial charge < -0.3 is 16.0 Å². The highest BCUT2D eigenvalue weighted by Crippen LogP contribution is 2.07. The first-order valence-electron chi connectivity index (χ1n) is 9.45. The molecule has 0 spiro atoms. The summed E-state index contributed by atoms with van der Waals surface area (Å²) in [7, 11) is 0. The van der Waals surface area contributed by atoms with E-state index >= 15 is 0 Å². The lowest BCUT2D eigenvalue weighted by Crippen LogP contribution is -2.19. The Kier molecular flexibility index (Phi) is 5.84. The molecule has 0 saturated carbocycles. The van der Waals surface area contributed by atoms with Crippen LogP contribution in [0.2, 0.25) is 0 Å². The quantitative estimate of drug-likeness (QED) is 0.576. The van der Waals surface area contributed by atoms with Crippen LogP contribution in [0.4, 0.5) is 0 Å². The van der Waals surface area contributed by atoms with Crippen molar-refractivity contribution in [1.82, 2.24) is 25.9 Å². The number of hydrogen-bond acceptors (Lipinski definition) is 5. The van der Waals surface area contributed by atoms with Gasteiger partial charge in [0.2, 0.25) is 0 Å². The van der Waals surface area contributed by atoms with Gasteiger partial charge >= 0.3 is 0 Å². The van der Waals surface area contributed by atoms with Gasteiger partial charge in [0.05, 0.1) is 22.8 Å². The van der Waals surface area contributed by atoms with Gasteiger partial charge in [0, 0.05) is 39.3 Å². The first-order valence-corrected chi connectivity index (χ1v) is 9.45. The third-order valence-electron chi connectivity index (χ3n) is 4.60. The predicted molar refractivity (Wildman–Crippen MR) is 107 cm³/mol. The first-order chi connectivity index (χ1) is 13.3. The van der Waals surface area contributed by atoms with E-state index in [9.17, 15) is 0 Å². The third kappa shape index (κ3) is 5.20. The fourth-order valence-electron chi connectivity index (χ4n) is 3.29. The number of rotatable bonds is 0. The molecular formula is C22H25N5. The number of aromatic nitrogens is 2. The Morgan fingerprint density at radius 3 is 1.30 bits per heavy atom. The molecule has 5 heteroatoms. The molecule has 27 heavy (non-hydrogen) atoms. The van der Waals surface area contributed by atoms with Gasteiger partial charge in [-0.1, -0.05) is 36.4 Å². The minimum Gasteiger partial charge on any atom is -0.307 e. The second-order valence-corrected chi connectivity index (χ2v) is 6.87. The monoisotopic (exact) mass is 359 g/mol. The summed E-state index contributed by atoms with van der Waals surface area (Å²) in [5, 5.41) is 10.4. The topological polar surface area (TPSA) is 61.9 Å². The maximum Gasteiger partial charge on any atom is 0.0545 e. The van der Waals surface area contributed by atoms with Crippen molar-refractivity contribution in [3.05, 3.63) is 94.6 Å². The molecule has 0 aliphatic carbocycles. The van der Waals surface area contributed by atoms with E-state index < -0.39 is 0 Å². The highest BCUT2D eigenvalue weighted by atomic mass is 14.9. The van der Waals surface area contributed by atoms with Gasteiger partial charge in [0.25, 0.3) is 0 Å². The zero-order valence-corrected chi connectivity index (χ0v) is 15.4. The maximum absolute atomic E-state index is 4.74. The summed E-state index contributed by atoms with van der Waals surface area (Å²) in [4.78, 5) is 9.48. The standard InChI is InChI=1S/C22H25N5/c1-4-17-10-18(5-1)12-24-14-20-7-3-9-22(27-20)16-25-15-21-8-2-6-19(26-21)13-23-11-17/h1-10,23-25H,11-16H2. The Morgan fingerprint density at radius 1 is 0.481 bits per heavy atom. The molecule has 5 nitrogen and oxygen atoms in total. The Bertz CT molecular complexity index is 718. The van der Waals surface area contributed by atoms with Crippen LogP contribution < -0.4 is 16.0 Å². The largest absolute Gasteiger partial charge is 0.307 e. The number of nitrogens with zero attached hydrogens (tertiary/aromatic N) is 2. The van der Waals surface area contributed by atoms with E-state index in [1.807, 2.05) is 0 Å². The molecule has 0 fully saturated rings. The molecule has 1 aliphatic rings. The van der Waals surface area contributed by atoms with Crippen LogP contribution in [0.15, 0.2) is 60.7 Å². The van der Waals surface area contributed by atoms with Crippen LogP contribution in [0.3, 0.4) is 0 Å². The zero-order chi connectivity index (χ0) is 18.3. The van der Waals surface area contributed by atoms with Gasteiger partial charge in [-0.25, -0.2) is 0 Å². The SMILES string of the molecule is c1cc2cc(c1)CNCc1cccc(n1)CNCc1cccc(n1)CNC2. The zero-order valence-electron chi connectivity index (χ0n) is 15.4. The van der Waals surface area contributed by atoms with E-state index in [2.05, 4.69) is 76.6 Å². The second kappa shape index (κ2) is 8.86. The van der Waals surface area contributed by atoms with Crippen LogP contribution in [0.5, 0.6) is 0 Å². The van der Waals surface area contributed by atoms with E-state index in [4.69, 9.17) is 9.97 Å². The summed E-state index contributed by atoms with van der Waals surface area (Å²) in [5.41, 5.74) is 6.80. The van der Waals surface area contributed by atoms with Crippen molar-refractivity contribution in [1.29, 1.82) is 0 Å². The molecular weight excluding hydrogens is 334 g/mol. The Balaban J connectivity index is 1.54. The van der Waals surface area contributed by atoms with Crippen LogP contribution in [0.1, 0.15) is 33.9 Å². The molecule has 138 valence electrons. The average Bonchev–Trinajstić information content (AvgIpc) is 2.69. The van der Waals surface area contributed by atoms with Crippen molar-refractivity contribution >= 4 is 0 Å². The molecule has 3 N–H and O–H groups in total. The molecule has 1 aliphatic heterocycles. The Labute approximate surface area is 160 Å². The van der Waals surface area contributed by atoms with Crippen LogP contribution >= 0.6 is 0 Å². The van der Waals surface area contributed by atoms with Crippen LogP contribution in [0, 0.1) is 0 Å². The van der Waals surface area contributed by atoms with Crippen molar-refractivity contribution in [2.45, 2.75) is 39.3 Å². The van der Waals surface area contributed by atoms with Gasteiger partial charge in [0.15, 0.2) is 0 Å². The van der Waals surface area contributed by atoms with Crippen molar-refractivity contribution in [2.24, 2.45) is 0 Å². The van der Waals surface area contributed by atoms with Crippen molar-refractivity contribution in [3.63, 3.8) is 0 Å². The molecule has 0 radical (unpaired) electrons. The fraction of sp³-hybridized carbons (Fsp3) is 0.273. The van der Waals surface area contributed by atoms with E-state index in [-0.39, 0.29) is 0 Å². The predicted octanol–water partition coefficient (Wildman–Crippen LogP) is 2.66. The molecule has 0 atom stereocenters. The van der Waals surface area contributed by atoms with E-state index in [1.165, 1.54) is 11.1 Å². The molecule has 6 bridgehead atoms. The highest BCUT2D eigenvalue weighted by molar-refractivity contribution is 5.23. The minimum atomic E-state index is 0.736. The van der Waals surface area contributed by atoms with Crippen LogP contribution in [0.25, 0.3) is 0 Å². The summed E-state index contributed by atoms with van der Waals surface area (Å²) in [6.07, 6.45) is 0. The van der Waals surface area contributed by atoms with Crippen molar-refractivity contribution < 1.29 is 0 Å². The van der Waals surface area contributed by atoms with Gasteiger partial charge in [-0.15, -0.1) is 0 Å². The summed E-state index contributed by atoms with van der Waals surface area (Å²) in [5.74, 6) is 0. The molecule has 0 unspecified atom stereocenters. The molecule has 2 aromatic heterocycles. The molecule has 4 rings (SSSR count). The average molecular weight is 359 g/mol. The molecule has 3 aromatic rings. The number of hydrogen-bond donors (Lipinski definition) is 3. The number of fused-ring (bicyclic) bond motifs is 6. The van der Waals surface area contributed by atoms with Crippen LogP contribution in [-0.4, -0.2) is 9.97 Å². The van der Waals surface area contributed by atoms with E-state index in [0.29, 0.717) is 0 Å². The fourth-order valence-corrected chi connectivity index (χ4v) is 3.29. The normalized spacial score (nSPS) is 15.6. The lowest BCUT2D eigenvalue weighted by atomic mass is 10.1. The van der Waals surface area contributed by atoms with E-state index in [1.54, 1.807) is 0 Å². The molecule has 1 aromatic carbocycles. The maximum atomic E-state index is 4.74. The number of benzene rings is 1. The summed E-state index contributed by atoms with van der Waals surface area (Å²) >= 11 is 0. The van der Waals surface area contributed by atoms with Crippen molar-refractivity contribution in [3.8, 4) is 0 Å². The van der Waals surface area contributed by atoms with Gasteiger partial charge in [-0.05, 0) is 35.4 Å². The Hall–Kier alpha value is -2.60. The van der Waals surface area contributed by atoms with Gasteiger partial charge in [-0.3, -0.25) is 9.97 Å². The molecule has 0 amide bonds. The second-order valence-electron chi connectivity index (χ2n) is 6.87. The van der Waals surface area contributed by atoms with Gasteiger partial charge in [0.1, 0.15) is 0 Å². The van der Waals surface area contributed by atoms with E-state index in [0.717, 1.165) is 62.0 Å². The first kappa shape index (κ1) is 17.8. The number of nitrogens with one attached hydrogen (secondary N) is 3. The summed E-state index contributed by atoms with van der Waals surface area (Å²) in [6, 6.07) is 21.1. The van der Waals surface area contributed by atoms with Crippen LogP contribution in [-0.2, 0) is 39.3 Å². The summed E-state index contributed by atoms with van der Waals surface area (Å²) < 4.78 is 0. The minimum absolute atomic E-state index is 0.736.